The minimum Gasteiger partial charge on any atom is -0.322 e. The Bertz CT molecular complexity index is 931. The molecule has 0 saturated heterocycles. The third kappa shape index (κ3) is 2.87. The number of aromatic amines is 1. The lowest BCUT2D eigenvalue weighted by Crippen LogP contribution is -2.12. The first kappa shape index (κ1) is 14.4. The zero-order valence-electron chi connectivity index (χ0n) is 11.8. The highest BCUT2D eigenvalue weighted by Gasteiger charge is 2.08. The molecule has 0 saturated carbocycles. The summed E-state index contributed by atoms with van der Waals surface area (Å²) in [7, 11) is 0. The number of rotatable bonds is 2. The van der Waals surface area contributed by atoms with Crippen LogP contribution in [0.15, 0.2) is 53.3 Å². The summed E-state index contributed by atoms with van der Waals surface area (Å²) < 4.78 is 0. The van der Waals surface area contributed by atoms with Gasteiger partial charge >= 0.3 is 0 Å². The molecule has 0 aliphatic carbocycles. The van der Waals surface area contributed by atoms with Gasteiger partial charge in [-0.15, -0.1) is 0 Å². The Morgan fingerprint density at radius 2 is 1.95 bits per heavy atom. The number of aromatic nitrogens is 1. The van der Waals surface area contributed by atoms with E-state index in [1.54, 1.807) is 42.5 Å². The fraction of sp³-hybridized carbons (Fsp3) is 0.0588. The van der Waals surface area contributed by atoms with Gasteiger partial charge in [-0.25, -0.2) is 0 Å². The fourth-order valence-corrected chi connectivity index (χ4v) is 2.54. The van der Waals surface area contributed by atoms with Crippen LogP contribution in [0.25, 0.3) is 10.9 Å². The van der Waals surface area contributed by atoms with Crippen molar-refractivity contribution in [3.63, 3.8) is 0 Å². The Morgan fingerprint density at radius 3 is 2.73 bits per heavy atom. The largest absolute Gasteiger partial charge is 0.322 e. The summed E-state index contributed by atoms with van der Waals surface area (Å²) in [6.07, 6.45) is 0. The third-order valence-corrected chi connectivity index (χ3v) is 3.63. The van der Waals surface area contributed by atoms with Gasteiger partial charge in [0.1, 0.15) is 0 Å². The highest BCUT2D eigenvalue weighted by Crippen LogP contribution is 2.20. The zero-order valence-corrected chi connectivity index (χ0v) is 12.6. The summed E-state index contributed by atoms with van der Waals surface area (Å²) in [6, 6.07) is 13.7. The van der Waals surface area contributed by atoms with Gasteiger partial charge in [0.2, 0.25) is 5.56 Å². The van der Waals surface area contributed by atoms with Crippen molar-refractivity contribution in [1.29, 1.82) is 0 Å². The predicted molar refractivity (Wildman–Crippen MR) is 88.7 cm³/mol. The van der Waals surface area contributed by atoms with Gasteiger partial charge in [0.25, 0.3) is 5.91 Å². The molecule has 4 nitrogen and oxygen atoms in total. The van der Waals surface area contributed by atoms with Gasteiger partial charge in [-0.2, -0.15) is 0 Å². The van der Waals surface area contributed by atoms with Gasteiger partial charge in [-0.05, 0) is 42.8 Å². The van der Waals surface area contributed by atoms with Crippen LogP contribution in [0.4, 0.5) is 5.69 Å². The Kier molecular flexibility index (Phi) is 3.69. The maximum Gasteiger partial charge on any atom is 0.255 e. The SMILES string of the molecule is Cc1cc(=O)[nH]c2cc(NC(=O)c3cccc(Cl)c3)ccc12. The van der Waals surface area contributed by atoms with Crippen LogP contribution < -0.4 is 10.9 Å². The van der Waals surface area contributed by atoms with Crippen molar-refractivity contribution in [1.82, 2.24) is 4.98 Å². The summed E-state index contributed by atoms with van der Waals surface area (Å²) >= 11 is 5.89. The molecule has 0 radical (unpaired) electrons. The Balaban J connectivity index is 1.94. The minimum atomic E-state index is -0.253. The molecular weight excluding hydrogens is 300 g/mol. The lowest BCUT2D eigenvalue weighted by Gasteiger charge is -2.08. The van der Waals surface area contributed by atoms with Crippen LogP contribution in [0.2, 0.25) is 5.02 Å². The molecule has 110 valence electrons. The topological polar surface area (TPSA) is 62.0 Å². The minimum absolute atomic E-state index is 0.164. The summed E-state index contributed by atoms with van der Waals surface area (Å²) in [5.74, 6) is -0.253. The molecule has 22 heavy (non-hydrogen) atoms. The van der Waals surface area contributed by atoms with E-state index in [0.717, 1.165) is 10.9 Å². The summed E-state index contributed by atoms with van der Waals surface area (Å²) in [5.41, 5.74) is 2.51. The maximum absolute atomic E-state index is 12.2. The quantitative estimate of drug-likeness (QED) is 0.757. The van der Waals surface area contributed by atoms with Crippen LogP contribution in [-0.2, 0) is 0 Å². The molecule has 1 heterocycles. The lowest BCUT2D eigenvalue weighted by molar-refractivity contribution is 0.102. The summed E-state index contributed by atoms with van der Waals surface area (Å²) in [4.78, 5) is 26.5. The summed E-state index contributed by atoms with van der Waals surface area (Å²) in [6.45, 7) is 1.88. The predicted octanol–water partition coefficient (Wildman–Crippen LogP) is 3.74. The highest BCUT2D eigenvalue weighted by molar-refractivity contribution is 6.31. The van der Waals surface area contributed by atoms with Gasteiger partial charge in [0.15, 0.2) is 0 Å². The molecule has 0 fully saturated rings. The first-order valence-corrected chi connectivity index (χ1v) is 7.11. The number of hydrogen-bond donors (Lipinski definition) is 2. The van der Waals surface area contributed by atoms with Crippen LogP contribution in [0, 0.1) is 6.92 Å². The van der Waals surface area contributed by atoms with Crippen molar-refractivity contribution in [3.05, 3.63) is 75.0 Å². The van der Waals surface area contributed by atoms with Crippen LogP contribution in [0.5, 0.6) is 0 Å². The normalized spacial score (nSPS) is 10.6. The second-order valence-electron chi connectivity index (χ2n) is 5.04. The first-order chi connectivity index (χ1) is 10.5. The van der Waals surface area contributed by atoms with Crippen LogP contribution in [0.1, 0.15) is 15.9 Å². The van der Waals surface area contributed by atoms with Gasteiger partial charge in [0.05, 0.1) is 5.52 Å². The van der Waals surface area contributed by atoms with E-state index < -0.39 is 0 Å². The molecule has 3 rings (SSSR count). The molecule has 1 amide bonds. The van der Waals surface area contributed by atoms with E-state index in [1.807, 2.05) is 13.0 Å². The lowest BCUT2D eigenvalue weighted by atomic mass is 10.1. The number of carbonyl (C=O) groups excluding carboxylic acids is 1. The van der Waals surface area contributed by atoms with Crippen LogP contribution in [-0.4, -0.2) is 10.9 Å². The Morgan fingerprint density at radius 1 is 1.14 bits per heavy atom. The molecular formula is C17H13ClN2O2. The van der Waals surface area contributed by atoms with E-state index >= 15 is 0 Å². The van der Waals surface area contributed by atoms with E-state index in [4.69, 9.17) is 11.6 Å². The van der Waals surface area contributed by atoms with E-state index in [1.165, 1.54) is 0 Å². The average molecular weight is 313 g/mol. The molecule has 0 bridgehead atoms. The van der Waals surface area contributed by atoms with Gasteiger partial charge < -0.3 is 10.3 Å². The van der Waals surface area contributed by atoms with E-state index in [9.17, 15) is 9.59 Å². The van der Waals surface area contributed by atoms with E-state index in [2.05, 4.69) is 10.3 Å². The monoisotopic (exact) mass is 312 g/mol. The number of benzene rings is 2. The third-order valence-electron chi connectivity index (χ3n) is 3.39. The number of carbonyl (C=O) groups is 1. The van der Waals surface area contributed by atoms with Crippen molar-refractivity contribution in [2.75, 3.05) is 5.32 Å². The smallest absolute Gasteiger partial charge is 0.255 e. The highest BCUT2D eigenvalue weighted by atomic mass is 35.5. The standard InChI is InChI=1S/C17H13ClN2O2/c1-10-7-16(21)20-15-9-13(5-6-14(10)15)19-17(22)11-3-2-4-12(18)8-11/h2-9H,1H3,(H,19,22)(H,20,21). The number of halogens is 1. The van der Waals surface area contributed by atoms with Gasteiger partial charge in [-0.1, -0.05) is 23.7 Å². The second kappa shape index (κ2) is 5.66. The van der Waals surface area contributed by atoms with Crippen molar-refractivity contribution >= 4 is 34.1 Å². The Hall–Kier alpha value is -2.59. The van der Waals surface area contributed by atoms with Crippen molar-refractivity contribution < 1.29 is 4.79 Å². The zero-order chi connectivity index (χ0) is 15.7. The van der Waals surface area contributed by atoms with Crippen molar-refractivity contribution in [3.8, 4) is 0 Å². The molecule has 2 N–H and O–H groups in total. The van der Waals surface area contributed by atoms with Crippen molar-refractivity contribution in [2.24, 2.45) is 0 Å². The second-order valence-corrected chi connectivity index (χ2v) is 5.48. The molecule has 0 aliphatic rings. The number of anilines is 1. The molecule has 2 aromatic carbocycles. The van der Waals surface area contributed by atoms with Crippen LogP contribution >= 0.6 is 11.6 Å². The number of H-pyrrole nitrogens is 1. The average Bonchev–Trinajstić information content (AvgIpc) is 2.46. The number of hydrogen-bond acceptors (Lipinski definition) is 2. The van der Waals surface area contributed by atoms with Gasteiger partial charge in [0, 0.05) is 27.7 Å². The maximum atomic E-state index is 12.2. The molecule has 0 atom stereocenters. The molecule has 3 aromatic rings. The molecule has 1 aromatic heterocycles. The molecule has 0 unspecified atom stereocenters. The Labute approximate surface area is 131 Å². The van der Waals surface area contributed by atoms with Crippen LogP contribution in [0.3, 0.4) is 0 Å². The first-order valence-electron chi connectivity index (χ1n) is 6.73. The molecule has 0 spiro atoms. The number of amides is 1. The summed E-state index contributed by atoms with van der Waals surface area (Å²) in [5, 5.41) is 4.25. The van der Waals surface area contributed by atoms with Gasteiger partial charge in [-0.3, -0.25) is 9.59 Å². The van der Waals surface area contributed by atoms with E-state index in [-0.39, 0.29) is 11.5 Å². The van der Waals surface area contributed by atoms with E-state index in [0.29, 0.717) is 21.8 Å². The van der Waals surface area contributed by atoms with Crippen molar-refractivity contribution in [2.45, 2.75) is 6.92 Å². The fourth-order valence-electron chi connectivity index (χ4n) is 2.35. The number of aryl methyl sites for hydroxylation is 1. The molecule has 5 heteroatoms. The number of pyridine rings is 1. The number of fused-ring (bicyclic) bond motifs is 1. The molecule has 0 aliphatic heterocycles. The number of nitrogens with one attached hydrogen (secondary N) is 2.